The SMILES string of the molecule is CS(=O)(=O)N1CCCC(CNC2CCN3CCCCC23)C1. The monoisotopic (exact) mass is 315 g/mol. The first-order valence-corrected chi connectivity index (χ1v) is 10.3. The number of nitrogens with zero attached hydrogens (tertiary/aromatic N) is 2. The minimum Gasteiger partial charge on any atom is -0.312 e. The largest absolute Gasteiger partial charge is 0.312 e. The molecule has 0 aromatic carbocycles. The fourth-order valence-electron chi connectivity index (χ4n) is 4.30. The molecular formula is C15H29N3O2S. The summed E-state index contributed by atoms with van der Waals surface area (Å²) in [6.45, 7) is 4.89. The Morgan fingerprint density at radius 3 is 2.71 bits per heavy atom. The van der Waals surface area contributed by atoms with Crippen molar-refractivity contribution in [3.8, 4) is 0 Å². The molecule has 0 aromatic rings. The van der Waals surface area contributed by atoms with E-state index in [0.29, 0.717) is 25.0 Å². The molecule has 3 atom stereocenters. The Morgan fingerprint density at radius 1 is 1.05 bits per heavy atom. The summed E-state index contributed by atoms with van der Waals surface area (Å²) in [6, 6.07) is 1.35. The lowest BCUT2D eigenvalue weighted by Crippen LogP contribution is -2.48. The molecule has 6 heteroatoms. The van der Waals surface area contributed by atoms with Crippen LogP contribution in [-0.4, -0.2) is 68.7 Å². The molecule has 3 rings (SSSR count). The normalized spacial score (nSPS) is 35.8. The highest BCUT2D eigenvalue weighted by molar-refractivity contribution is 7.88. The second-order valence-corrected chi connectivity index (χ2v) is 9.01. The highest BCUT2D eigenvalue weighted by Gasteiger charge is 2.35. The first-order chi connectivity index (χ1) is 10.0. The van der Waals surface area contributed by atoms with Crippen molar-refractivity contribution in [2.24, 2.45) is 5.92 Å². The van der Waals surface area contributed by atoms with Crippen LogP contribution in [0, 0.1) is 5.92 Å². The van der Waals surface area contributed by atoms with Crippen molar-refractivity contribution in [1.29, 1.82) is 0 Å². The number of nitrogens with one attached hydrogen (secondary N) is 1. The van der Waals surface area contributed by atoms with E-state index in [2.05, 4.69) is 10.2 Å². The molecular weight excluding hydrogens is 286 g/mol. The lowest BCUT2D eigenvalue weighted by Gasteiger charge is -2.35. The van der Waals surface area contributed by atoms with Crippen LogP contribution in [0.5, 0.6) is 0 Å². The van der Waals surface area contributed by atoms with Gasteiger partial charge in [-0.05, 0) is 51.1 Å². The number of hydrogen-bond donors (Lipinski definition) is 1. The average Bonchev–Trinajstić information content (AvgIpc) is 2.88. The van der Waals surface area contributed by atoms with E-state index < -0.39 is 10.0 Å². The van der Waals surface area contributed by atoms with Gasteiger partial charge in [0.2, 0.25) is 10.0 Å². The third-order valence-electron chi connectivity index (χ3n) is 5.48. The summed E-state index contributed by atoms with van der Waals surface area (Å²) in [5.41, 5.74) is 0. The average molecular weight is 315 g/mol. The molecule has 0 saturated carbocycles. The zero-order chi connectivity index (χ0) is 14.9. The van der Waals surface area contributed by atoms with Gasteiger partial charge >= 0.3 is 0 Å². The molecule has 3 unspecified atom stereocenters. The van der Waals surface area contributed by atoms with Crippen LogP contribution in [0.4, 0.5) is 0 Å². The number of fused-ring (bicyclic) bond motifs is 1. The molecule has 0 radical (unpaired) electrons. The van der Waals surface area contributed by atoms with E-state index in [9.17, 15) is 8.42 Å². The second kappa shape index (κ2) is 6.52. The number of hydrogen-bond acceptors (Lipinski definition) is 4. The van der Waals surface area contributed by atoms with Crippen LogP contribution in [0.1, 0.15) is 38.5 Å². The topological polar surface area (TPSA) is 52.7 Å². The number of sulfonamides is 1. The summed E-state index contributed by atoms with van der Waals surface area (Å²) in [4.78, 5) is 2.64. The Bertz CT molecular complexity index is 454. The van der Waals surface area contributed by atoms with E-state index >= 15 is 0 Å². The molecule has 0 aromatic heterocycles. The molecule has 0 aliphatic carbocycles. The van der Waals surface area contributed by atoms with Crippen LogP contribution in [-0.2, 0) is 10.0 Å². The second-order valence-electron chi connectivity index (χ2n) is 7.03. The van der Waals surface area contributed by atoms with Crippen molar-refractivity contribution in [2.45, 2.75) is 50.6 Å². The fraction of sp³-hybridized carbons (Fsp3) is 1.00. The molecule has 0 bridgehead atoms. The van der Waals surface area contributed by atoms with E-state index in [1.807, 2.05) is 0 Å². The highest BCUT2D eigenvalue weighted by Crippen LogP contribution is 2.27. The maximum Gasteiger partial charge on any atom is 0.211 e. The molecule has 21 heavy (non-hydrogen) atoms. The van der Waals surface area contributed by atoms with Crippen molar-refractivity contribution < 1.29 is 8.42 Å². The van der Waals surface area contributed by atoms with Gasteiger partial charge in [-0.3, -0.25) is 4.90 Å². The molecule has 3 fully saturated rings. The van der Waals surface area contributed by atoms with E-state index in [1.165, 1.54) is 45.0 Å². The Labute approximate surface area is 129 Å². The summed E-state index contributed by atoms with van der Waals surface area (Å²) >= 11 is 0. The van der Waals surface area contributed by atoms with Gasteiger partial charge < -0.3 is 5.32 Å². The van der Waals surface area contributed by atoms with Gasteiger partial charge in [0.25, 0.3) is 0 Å². The molecule has 122 valence electrons. The third-order valence-corrected chi connectivity index (χ3v) is 6.75. The van der Waals surface area contributed by atoms with Crippen LogP contribution in [0.3, 0.4) is 0 Å². The minimum absolute atomic E-state index is 0.478. The lowest BCUT2D eigenvalue weighted by molar-refractivity contribution is 0.175. The van der Waals surface area contributed by atoms with Crippen molar-refractivity contribution >= 4 is 10.0 Å². The third kappa shape index (κ3) is 3.78. The van der Waals surface area contributed by atoms with Gasteiger partial charge in [-0.15, -0.1) is 0 Å². The maximum atomic E-state index is 11.7. The van der Waals surface area contributed by atoms with Crippen molar-refractivity contribution in [3.05, 3.63) is 0 Å². The van der Waals surface area contributed by atoms with Gasteiger partial charge in [-0.25, -0.2) is 12.7 Å². The van der Waals surface area contributed by atoms with Crippen molar-refractivity contribution in [2.75, 3.05) is 39.0 Å². The zero-order valence-corrected chi connectivity index (χ0v) is 13.9. The van der Waals surface area contributed by atoms with Gasteiger partial charge in [-0.2, -0.15) is 0 Å². The van der Waals surface area contributed by atoms with Gasteiger partial charge in [-0.1, -0.05) is 6.42 Å². The van der Waals surface area contributed by atoms with Gasteiger partial charge in [0.15, 0.2) is 0 Å². The fourth-order valence-corrected chi connectivity index (χ4v) is 5.24. The zero-order valence-electron chi connectivity index (χ0n) is 13.1. The molecule has 3 heterocycles. The molecule has 0 spiro atoms. The molecule has 3 saturated heterocycles. The summed E-state index contributed by atoms with van der Waals surface area (Å²) in [7, 11) is -3.02. The molecule has 0 amide bonds. The van der Waals surface area contributed by atoms with Crippen LogP contribution in [0.25, 0.3) is 0 Å². The summed E-state index contributed by atoms with van der Waals surface area (Å²) in [5.74, 6) is 0.478. The number of rotatable bonds is 4. The predicted molar refractivity (Wildman–Crippen MR) is 84.8 cm³/mol. The smallest absolute Gasteiger partial charge is 0.211 e. The van der Waals surface area contributed by atoms with Crippen LogP contribution >= 0.6 is 0 Å². The number of piperidine rings is 2. The Kier molecular flexibility index (Phi) is 4.88. The Hall–Kier alpha value is -0.170. The Morgan fingerprint density at radius 2 is 1.90 bits per heavy atom. The minimum atomic E-state index is -3.02. The molecule has 1 N–H and O–H groups in total. The first-order valence-electron chi connectivity index (χ1n) is 8.46. The van der Waals surface area contributed by atoms with E-state index in [0.717, 1.165) is 25.4 Å². The quantitative estimate of drug-likeness (QED) is 0.836. The highest BCUT2D eigenvalue weighted by atomic mass is 32.2. The Balaban J connectivity index is 1.49. The predicted octanol–water partition coefficient (Wildman–Crippen LogP) is 0.874. The maximum absolute atomic E-state index is 11.7. The van der Waals surface area contributed by atoms with Gasteiger partial charge in [0.1, 0.15) is 0 Å². The van der Waals surface area contributed by atoms with E-state index in [1.54, 1.807) is 4.31 Å². The molecule has 3 aliphatic heterocycles. The van der Waals surface area contributed by atoms with E-state index in [-0.39, 0.29) is 0 Å². The van der Waals surface area contributed by atoms with Crippen molar-refractivity contribution in [3.63, 3.8) is 0 Å². The summed E-state index contributed by atoms with van der Waals surface area (Å²) in [6.07, 6.45) is 8.80. The lowest BCUT2D eigenvalue weighted by atomic mass is 9.96. The summed E-state index contributed by atoms with van der Waals surface area (Å²) in [5, 5.41) is 3.76. The van der Waals surface area contributed by atoms with Crippen LogP contribution in [0.15, 0.2) is 0 Å². The van der Waals surface area contributed by atoms with Crippen molar-refractivity contribution in [1.82, 2.24) is 14.5 Å². The van der Waals surface area contributed by atoms with Crippen LogP contribution < -0.4 is 5.32 Å². The van der Waals surface area contributed by atoms with Gasteiger partial charge in [0, 0.05) is 31.7 Å². The molecule has 5 nitrogen and oxygen atoms in total. The van der Waals surface area contributed by atoms with Gasteiger partial charge in [0.05, 0.1) is 6.26 Å². The standard InChI is InChI=1S/C15H29N3O2S/c1-21(19,20)18-9-4-5-13(12-18)11-16-14-7-10-17-8-3-2-6-15(14)17/h13-16H,2-12H2,1H3. The molecule has 3 aliphatic rings. The van der Waals surface area contributed by atoms with Crippen LogP contribution in [0.2, 0.25) is 0 Å². The van der Waals surface area contributed by atoms with E-state index in [4.69, 9.17) is 0 Å². The summed E-state index contributed by atoms with van der Waals surface area (Å²) < 4.78 is 25.0. The first kappa shape index (κ1) is 15.7.